The molecular formula is C12H25N3O2. The van der Waals surface area contributed by atoms with E-state index in [-0.39, 0.29) is 5.97 Å². The molecule has 0 saturated carbocycles. The summed E-state index contributed by atoms with van der Waals surface area (Å²) >= 11 is 0. The van der Waals surface area contributed by atoms with Crippen LogP contribution in [0, 0.1) is 0 Å². The van der Waals surface area contributed by atoms with Crippen molar-refractivity contribution in [1.82, 2.24) is 4.90 Å². The summed E-state index contributed by atoms with van der Waals surface area (Å²) in [5.74, 6) is -0.211. The third-order valence-corrected chi connectivity index (χ3v) is 1.52. The minimum atomic E-state index is -0.211. The Morgan fingerprint density at radius 3 is 2.29 bits per heavy atom. The molecular weight excluding hydrogens is 218 g/mol. The van der Waals surface area contributed by atoms with Crippen molar-refractivity contribution in [3.63, 3.8) is 0 Å². The third-order valence-electron chi connectivity index (χ3n) is 1.52. The molecule has 0 radical (unpaired) electrons. The maximum atomic E-state index is 9.82. The molecule has 0 aromatic rings. The lowest BCUT2D eigenvalue weighted by Crippen LogP contribution is -2.13. The monoisotopic (exact) mass is 243 g/mol. The molecule has 0 saturated heterocycles. The average molecular weight is 243 g/mol. The Morgan fingerprint density at radius 2 is 1.94 bits per heavy atom. The molecule has 5 heteroatoms. The van der Waals surface area contributed by atoms with E-state index in [9.17, 15) is 4.79 Å². The van der Waals surface area contributed by atoms with Gasteiger partial charge in [-0.1, -0.05) is 0 Å². The van der Waals surface area contributed by atoms with E-state index in [1.165, 1.54) is 6.92 Å². The van der Waals surface area contributed by atoms with Crippen LogP contribution in [0.5, 0.6) is 0 Å². The molecule has 5 nitrogen and oxygen atoms in total. The third kappa shape index (κ3) is 25.3. The molecule has 0 unspecified atom stereocenters. The van der Waals surface area contributed by atoms with Crippen molar-refractivity contribution in [2.24, 2.45) is 9.98 Å². The number of esters is 1. The number of carbonyl (C=O) groups excluding carboxylic acids is 1. The molecule has 0 bridgehead atoms. The van der Waals surface area contributed by atoms with Crippen LogP contribution in [0.3, 0.4) is 0 Å². The summed E-state index contributed by atoms with van der Waals surface area (Å²) in [5.41, 5.74) is 0. The molecule has 0 aromatic heterocycles. The number of hydrogen-bond acceptors (Lipinski definition) is 5. The minimum absolute atomic E-state index is 0.211. The maximum absolute atomic E-state index is 9.82. The summed E-state index contributed by atoms with van der Waals surface area (Å²) in [6, 6.07) is 2.64. The zero-order valence-corrected chi connectivity index (χ0v) is 11.7. The van der Waals surface area contributed by atoms with Gasteiger partial charge < -0.3 is 9.64 Å². The second-order valence-corrected chi connectivity index (χ2v) is 3.54. The van der Waals surface area contributed by atoms with Crippen molar-refractivity contribution in [3.05, 3.63) is 0 Å². The van der Waals surface area contributed by atoms with Gasteiger partial charge in [0.15, 0.2) is 0 Å². The summed E-state index contributed by atoms with van der Waals surface area (Å²) in [6.45, 7) is 8.32. The number of carbonyl (C=O) groups is 1. The average Bonchev–Trinajstić information content (AvgIpc) is 2.23. The van der Waals surface area contributed by atoms with Crippen molar-refractivity contribution < 1.29 is 9.53 Å². The second kappa shape index (κ2) is 14.8. The number of rotatable bonds is 6. The first kappa shape index (κ1) is 18.2. The molecule has 0 N–H and O–H groups in total. The summed E-state index contributed by atoms with van der Waals surface area (Å²) < 4.78 is 4.40. The SMILES string of the molecule is CCN=C=NCCCN(C)C.CCOC(C)=O. The Labute approximate surface area is 105 Å². The first-order chi connectivity index (χ1) is 8.04. The van der Waals surface area contributed by atoms with Gasteiger partial charge in [0.25, 0.3) is 0 Å². The first-order valence-electron chi connectivity index (χ1n) is 5.90. The van der Waals surface area contributed by atoms with Crippen LogP contribution in [0.2, 0.25) is 0 Å². The molecule has 0 atom stereocenters. The highest BCUT2D eigenvalue weighted by Gasteiger charge is 1.86. The molecule has 0 amide bonds. The molecule has 0 aliphatic heterocycles. The molecule has 17 heavy (non-hydrogen) atoms. The summed E-state index contributed by atoms with van der Waals surface area (Å²) in [4.78, 5) is 19.8. The van der Waals surface area contributed by atoms with E-state index >= 15 is 0 Å². The van der Waals surface area contributed by atoms with Gasteiger partial charge in [-0.15, -0.1) is 0 Å². The molecule has 0 heterocycles. The Kier molecular flexibility index (Phi) is 15.8. The van der Waals surface area contributed by atoms with E-state index in [0.717, 1.165) is 26.1 Å². The highest BCUT2D eigenvalue weighted by molar-refractivity contribution is 5.65. The number of hydrogen-bond donors (Lipinski definition) is 0. The van der Waals surface area contributed by atoms with Crippen molar-refractivity contribution >= 4 is 12.0 Å². The molecule has 100 valence electrons. The molecule has 0 spiro atoms. The van der Waals surface area contributed by atoms with Crippen molar-refractivity contribution in [1.29, 1.82) is 0 Å². The molecule has 0 aromatic carbocycles. The topological polar surface area (TPSA) is 54.3 Å². The fourth-order valence-electron chi connectivity index (χ4n) is 0.840. The summed E-state index contributed by atoms with van der Waals surface area (Å²) in [7, 11) is 4.12. The Balaban J connectivity index is 0. The Hall–Kier alpha value is -1.19. The quantitative estimate of drug-likeness (QED) is 0.405. The number of nitrogens with zero attached hydrogens (tertiary/aromatic N) is 3. The van der Waals surface area contributed by atoms with E-state index in [2.05, 4.69) is 39.7 Å². The Bertz CT molecular complexity index is 234. The van der Waals surface area contributed by atoms with Gasteiger partial charge in [0.05, 0.1) is 19.2 Å². The summed E-state index contributed by atoms with van der Waals surface area (Å²) in [5, 5.41) is 0. The highest BCUT2D eigenvalue weighted by atomic mass is 16.5. The van der Waals surface area contributed by atoms with Crippen LogP contribution in [0.1, 0.15) is 27.2 Å². The van der Waals surface area contributed by atoms with Crippen LogP contribution in [0.25, 0.3) is 0 Å². The van der Waals surface area contributed by atoms with Crippen molar-refractivity contribution in [3.8, 4) is 0 Å². The first-order valence-corrected chi connectivity index (χ1v) is 5.90. The van der Waals surface area contributed by atoms with Crippen LogP contribution < -0.4 is 0 Å². The van der Waals surface area contributed by atoms with E-state index in [1.54, 1.807) is 6.92 Å². The molecule has 0 rings (SSSR count). The fourth-order valence-corrected chi connectivity index (χ4v) is 0.840. The van der Waals surface area contributed by atoms with Gasteiger partial charge in [0.1, 0.15) is 0 Å². The smallest absolute Gasteiger partial charge is 0.302 e. The van der Waals surface area contributed by atoms with Gasteiger partial charge in [-0.2, -0.15) is 0 Å². The van der Waals surface area contributed by atoms with Crippen LogP contribution >= 0.6 is 0 Å². The van der Waals surface area contributed by atoms with E-state index in [4.69, 9.17) is 0 Å². The van der Waals surface area contributed by atoms with E-state index in [1.807, 2.05) is 6.92 Å². The number of ether oxygens (including phenoxy) is 1. The molecule has 0 fully saturated rings. The van der Waals surface area contributed by atoms with Gasteiger partial charge in [-0.05, 0) is 40.9 Å². The van der Waals surface area contributed by atoms with Crippen LogP contribution in [-0.2, 0) is 9.53 Å². The normalized spacial score (nSPS) is 8.82. The second-order valence-electron chi connectivity index (χ2n) is 3.54. The zero-order chi connectivity index (χ0) is 13.5. The largest absolute Gasteiger partial charge is 0.466 e. The summed E-state index contributed by atoms with van der Waals surface area (Å²) in [6.07, 6.45) is 1.08. The fraction of sp³-hybridized carbons (Fsp3) is 0.833. The maximum Gasteiger partial charge on any atom is 0.302 e. The van der Waals surface area contributed by atoms with E-state index in [0.29, 0.717) is 6.61 Å². The van der Waals surface area contributed by atoms with Gasteiger partial charge in [0.2, 0.25) is 0 Å². The molecule has 0 aliphatic carbocycles. The Morgan fingerprint density at radius 1 is 1.29 bits per heavy atom. The lowest BCUT2D eigenvalue weighted by Gasteiger charge is -2.05. The van der Waals surface area contributed by atoms with Gasteiger partial charge in [-0.3, -0.25) is 4.79 Å². The van der Waals surface area contributed by atoms with Crippen molar-refractivity contribution in [2.45, 2.75) is 27.2 Å². The predicted molar refractivity (Wildman–Crippen MR) is 70.7 cm³/mol. The zero-order valence-electron chi connectivity index (χ0n) is 11.7. The molecule has 0 aliphatic rings. The van der Waals surface area contributed by atoms with Gasteiger partial charge in [-0.25, -0.2) is 9.98 Å². The highest BCUT2D eigenvalue weighted by Crippen LogP contribution is 1.82. The minimum Gasteiger partial charge on any atom is -0.466 e. The predicted octanol–water partition coefficient (Wildman–Crippen LogP) is 1.70. The van der Waals surface area contributed by atoms with Crippen LogP contribution in [-0.4, -0.2) is 57.2 Å². The van der Waals surface area contributed by atoms with Crippen molar-refractivity contribution in [2.75, 3.05) is 40.3 Å². The lowest BCUT2D eigenvalue weighted by molar-refractivity contribution is -0.140. The van der Waals surface area contributed by atoms with E-state index < -0.39 is 0 Å². The number of aliphatic imine (C=N–C) groups is 2. The van der Waals surface area contributed by atoms with Gasteiger partial charge in [0, 0.05) is 13.5 Å². The van der Waals surface area contributed by atoms with Crippen LogP contribution in [0.15, 0.2) is 9.98 Å². The lowest BCUT2D eigenvalue weighted by atomic mass is 10.4. The van der Waals surface area contributed by atoms with Gasteiger partial charge >= 0.3 is 5.97 Å². The van der Waals surface area contributed by atoms with Crippen LogP contribution in [0.4, 0.5) is 0 Å². The standard InChI is InChI=1S/C8H17N3.C4H8O2/c1-4-9-8-10-6-5-7-11(2)3;1-3-6-4(2)5/h4-7H2,1-3H3;3H2,1-2H3.